The molecule has 0 radical (unpaired) electrons. The molecule has 118 valence electrons. The molecular weight excluding hydrogens is 270 g/mol. The second kappa shape index (κ2) is 18.0. The molecule has 0 unspecified atom stereocenters. The first-order valence-electron chi connectivity index (χ1n) is 6.64. The van der Waals surface area contributed by atoms with E-state index in [4.69, 9.17) is 0 Å². The molecule has 0 aliphatic heterocycles. The predicted molar refractivity (Wildman–Crippen MR) is 87.6 cm³/mol. The summed E-state index contributed by atoms with van der Waals surface area (Å²) in [4.78, 5) is 9.99. The van der Waals surface area contributed by atoms with Gasteiger partial charge in [-0.25, -0.2) is 8.78 Å². The maximum Gasteiger partial charge on any atom is 0.152 e. The highest BCUT2D eigenvalue weighted by Gasteiger charge is 1.94. The van der Waals surface area contributed by atoms with Gasteiger partial charge in [0, 0.05) is 0 Å². The Morgan fingerprint density at radius 3 is 1.48 bits per heavy atom. The second-order valence-corrected chi connectivity index (χ2v) is 2.93. The maximum atomic E-state index is 12.4. The molecule has 0 N–H and O–H groups in total. The van der Waals surface area contributed by atoms with Crippen molar-refractivity contribution in [2.45, 2.75) is 35.1 Å². The zero-order valence-electron chi connectivity index (χ0n) is 12.4. The highest BCUT2D eigenvalue weighted by atomic mass is 19.1. The van der Waals surface area contributed by atoms with Crippen molar-refractivity contribution in [3.8, 4) is 0 Å². The first-order chi connectivity index (χ1) is 9.74. The number of carbonyl (C=O) groups is 1. The van der Waals surface area contributed by atoms with Gasteiger partial charge in [0.05, 0.1) is 5.56 Å². The van der Waals surface area contributed by atoms with Gasteiger partial charge in [-0.15, -0.1) is 0 Å². The summed E-state index contributed by atoms with van der Waals surface area (Å²) >= 11 is 0. The number of benzene rings is 2. The number of hydrogen-bond acceptors (Lipinski definition) is 1. The van der Waals surface area contributed by atoms with E-state index in [0.29, 0.717) is 6.29 Å². The molecule has 0 amide bonds. The van der Waals surface area contributed by atoms with Crippen LogP contribution >= 0.6 is 0 Å². The summed E-state index contributed by atoms with van der Waals surface area (Å²) in [5, 5.41) is 0. The number of aldehydes is 1. The lowest BCUT2D eigenvalue weighted by atomic mass is 10.2. The predicted octanol–water partition coefficient (Wildman–Crippen LogP) is 6.15. The Morgan fingerprint density at radius 2 is 1.19 bits per heavy atom. The van der Waals surface area contributed by atoms with Gasteiger partial charge in [-0.3, -0.25) is 4.79 Å². The van der Waals surface area contributed by atoms with Crippen molar-refractivity contribution in [1.29, 1.82) is 0 Å². The monoisotopic (exact) mass is 296 g/mol. The second-order valence-electron chi connectivity index (χ2n) is 2.93. The fraction of sp³-hybridized carbons (Fsp3) is 0.278. The lowest BCUT2D eigenvalue weighted by Crippen LogP contribution is -1.83. The Labute approximate surface area is 127 Å². The van der Waals surface area contributed by atoms with Crippen molar-refractivity contribution < 1.29 is 13.6 Å². The lowest BCUT2D eigenvalue weighted by Gasteiger charge is -1.88. The largest absolute Gasteiger partial charge is 0.298 e. The minimum Gasteiger partial charge on any atom is -0.298 e. The summed E-state index contributed by atoms with van der Waals surface area (Å²) in [7, 11) is 0. The molecule has 2 aromatic carbocycles. The van der Waals surface area contributed by atoms with Crippen molar-refractivity contribution in [2.75, 3.05) is 0 Å². The van der Waals surface area contributed by atoms with Gasteiger partial charge in [-0.1, -0.05) is 65.5 Å². The van der Waals surface area contributed by atoms with Crippen LogP contribution in [0, 0.1) is 11.6 Å². The first kappa shape index (κ1) is 24.0. The molecule has 0 fully saturated rings. The Hall–Kier alpha value is -2.03. The van der Waals surface area contributed by atoms with Gasteiger partial charge in [-0.05, 0) is 24.3 Å². The molecule has 3 heteroatoms. The van der Waals surface area contributed by atoms with Gasteiger partial charge in [0.15, 0.2) is 6.29 Å². The quantitative estimate of drug-likeness (QED) is 0.576. The van der Waals surface area contributed by atoms with Crippen LogP contribution < -0.4 is 0 Å². The van der Waals surface area contributed by atoms with Gasteiger partial charge in [0.25, 0.3) is 0 Å². The topological polar surface area (TPSA) is 17.1 Å². The molecule has 0 saturated carbocycles. The summed E-state index contributed by atoms with van der Waals surface area (Å²) in [5.41, 5.74) is 0.109. The SMILES string of the molecule is C.CC.CC.Fc1ccccc1.O=Cc1ccccc1F. The van der Waals surface area contributed by atoms with Crippen LogP contribution in [0.5, 0.6) is 0 Å². The van der Waals surface area contributed by atoms with E-state index >= 15 is 0 Å². The number of rotatable bonds is 1. The van der Waals surface area contributed by atoms with Crippen molar-refractivity contribution in [2.24, 2.45) is 0 Å². The van der Waals surface area contributed by atoms with E-state index in [1.165, 1.54) is 24.3 Å². The molecule has 0 aliphatic carbocycles. The third-order valence-corrected chi connectivity index (χ3v) is 1.77. The van der Waals surface area contributed by atoms with E-state index in [0.717, 1.165) is 0 Å². The highest BCUT2D eigenvalue weighted by Crippen LogP contribution is 2.01. The number of carbonyl (C=O) groups excluding carboxylic acids is 1. The van der Waals surface area contributed by atoms with E-state index in [1.807, 2.05) is 27.7 Å². The lowest BCUT2D eigenvalue weighted by molar-refractivity contribution is 0.112. The van der Waals surface area contributed by atoms with Crippen molar-refractivity contribution >= 4 is 6.29 Å². The smallest absolute Gasteiger partial charge is 0.152 e. The molecule has 0 saturated heterocycles. The normalized spacial score (nSPS) is 7.33. The molecule has 0 heterocycles. The van der Waals surface area contributed by atoms with Crippen LogP contribution in [0.2, 0.25) is 0 Å². The number of halogens is 2. The Morgan fingerprint density at radius 1 is 0.762 bits per heavy atom. The zero-order valence-corrected chi connectivity index (χ0v) is 12.4. The van der Waals surface area contributed by atoms with Gasteiger partial charge in [0.2, 0.25) is 0 Å². The molecule has 2 rings (SSSR count). The van der Waals surface area contributed by atoms with Crippen LogP contribution in [0.4, 0.5) is 8.78 Å². The van der Waals surface area contributed by atoms with Crippen LogP contribution in [0.15, 0.2) is 54.6 Å². The van der Waals surface area contributed by atoms with Crippen LogP contribution in [-0.2, 0) is 0 Å². The Kier molecular flexibility index (Phi) is 20.6. The van der Waals surface area contributed by atoms with E-state index < -0.39 is 5.82 Å². The third kappa shape index (κ3) is 12.7. The van der Waals surface area contributed by atoms with Crippen LogP contribution in [0.1, 0.15) is 45.5 Å². The van der Waals surface area contributed by atoms with Crippen molar-refractivity contribution in [3.05, 3.63) is 71.8 Å². The van der Waals surface area contributed by atoms with E-state index in [2.05, 4.69) is 0 Å². The standard InChI is InChI=1S/C7H5FO.C6H5F.2C2H6.CH4/c8-7-4-2-1-3-6(7)5-9;7-6-4-2-1-3-5-6;2*1-2;/h1-5H;1-5H;2*1-2H3;1H4. The minimum atomic E-state index is -0.465. The molecule has 0 aliphatic rings. The number of hydrogen-bond donors (Lipinski definition) is 0. The first-order valence-corrected chi connectivity index (χ1v) is 6.64. The average Bonchev–Trinajstić information content (AvgIpc) is 2.53. The fourth-order valence-electron chi connectivity index (χ4n) is 0.985. The summed E-state index contributed by atoms with van der Waals surface area (Å²) in [6, 6.07) is 13.8. The zero-order chi connectivity index (χ0) is 15.8. The molecule has 0 spiro atoms. The fourth-order valence-corrected chi connectivity index (χ4v) is 0.985. The van der Waals surface area contributed by atoms with E-state index in [-0.39, 0.29) is 18.8 Å². The summed E-state index contributed by atoms with van der Waals surface area (Å²) in [5.74, 6) is -0.644. The van der Waals surface area contributed by atoms with Gasteiger partial charge in [0.1, 0.15) is 11.6 Å². The molecule has 21 heavy (non-hydrogen) atoms. The van der Waals surface area contributed by atoms with Crippen LogP contribution in [0.3, 0.4) is 0 Å². The average molecular weight is 296 g/mol. The maximum absolute atomic E-state index is 12.4. The molecule has 2 aromatic rings. The van der Waals surface area contributed by atoms with Gasteiger partial charge in [-0.2, -0.15) is 0 Å². The van der Waals surface area contributed by atoms with E-state index in [9.17, 15) is 13.6 Å². The van der Waals surface area contributed by atoms with Crippen molar-refractivity contribution in [1.82, 2.24) is 0 Å². The molecular formula is C18H26F2O. The van der Waals surface area contributed by atoms with Crippen LogP contribution in [-0.4, -0.2) is 6.29 Å². The summed E-state index contributed by atoms with van der Waals surface area (Å²) in [6.45, 7) is 8.00. The van der Waals surface area contributed by atoms with Gasteiger partial charge >= 0.3 is 0 Å². The minimum absolute atomic E-state index is 0. The third-order valence-electron chi connectivity index (χ3n) is 1.77. The van der Waals surface area contributed by atoms with Crippen LogP contribution in [0.25, 0.3) is 0 Å². The molecule has 0 atom stereocenters. The summed E-state index contributed by atoms with van der Waals surface area (Å²) in [6.07, 6.45) is 0.495. The highest BCUT2D eigenvalue weighted by molar-refractivity contribution is 5.74. The summed E-state index contributed by atoms with van der Waals surface area (Å²) < 4.78 is 24.3. The van der Waals surface area contributed by atoms with Gasteiger partial charge < -0.3 is 0 Å². The molecule has 0 bridgehead atoms. The molecule has 1 nitrogen and oxygen atoms in total. The molecule has 0 aromatic heterocycles. The Bertz CT molecular complexity index is 442. The van der Waals surface area contributed by atoms with E-state index in [1.54, 1.807) is 30.3 Å². The Balaban J connectivity index is -0.000000244. The van der Waals surface area contributed by atoms with Crippen molar-refractivity contribution in [3.63, 3.8) is 0 Å².